The Morgan fingerprint density at radius 2 is 1.95 bits per heavy atom. The molecule has 0 atom stereocenters. The Morgan fingerprint density at radius 3 is 2.47 bits per heavy atom. The van der Waals surface area contributed by atoms with Crippen molar-refractivity contribution < 1.29 is 14.6 Å². The van der Waals surface area contributed by atoms with Crippen LogP contribution in [0.2, 0.25) is 0 Å². The normalized spacial score (nSPS) is 10.6. The number of hydrogen-bond acceptors (Lipinski definition) is 4. The van der Waals surface area contributed by atoms with Gasteiger partial charge in [-0.25, -0.2) is 4.68 Å². The number of aromatic nitrogens is 2. The van der Waals surface area contributed by atoms with Crippen LogP contribution in [-0.2, 0) is 6.61 Å². The van der Waals surface area contributed by atoms with E-state index in [0.717, 1.165) is 28.4 Å². The SMILES string of the molecule is COc1ccc(OC)c(-n2nc(C)c(CO)c2C)c1. The number of ether oxygens (including phenoxy) is 2. The number of benzene rings is 1. The first-order valence-electron chi connectivity index (χ1n) is 6.00. The molecule has 0 fully saturated rings. The van der Waals surface area contributed by atoms with Crippen LogP contribution in [0.25, 0.3) is 5.69 Å². The van der Waals surface area contributed by atoms with E-state index in [-0.39, 0.29) is 6.61 Å². The second kappa shape index (κ2) is 5.32. The van der Waals surface area contributed by atoms with Crippen LogP contribution in [0.5, 0.6) is 11.5 Å². The summed E-state index contributed by atoms with van der Waals surface area (Å²) in [6, 6.07) is 5.53. The molecular weight excluding hydrogens is 244 g/mol. The lowest BCUT2D eigenvalue weighted by molar-refractivity contribution is 0.280. The number of hydrogen-bond donors (Lipinski definition) is 1. The number of aliphatic hydroxyl groups excluding tert-OH is 1. The predicted molar refractivity (Wildman–Crippen MR) is 72.1 cm³/mol. The molecular formula is C14H18N2O3. The second-order valence-electron chi connectivity index (χ2n) is 4.26. The molecule has 2 rings (SSSR count). The van der Waals surface area contributed by atoms with Crippen LogP contribution in [0.1, 0.15) is 17.0 Å². The topological polar surface area (TPSA) is 56.5 Å². The molecule has 0 spiro atoms. The van der Waals surface area contributed by atoms with Gasteiger partial charge in [0.15, 0.2) is 0 Å². The molecule has 0 saturated carbocycles. The molecule has 1 heterocycles. The van der Waals surface area contributed by atoms with Crippen molar-refractivity contribution in [2.24, 2.45) is 0 Å². The summed E-state index contributed by atoms with van der Waals surface area (Å²) in [5.41, 5.74) is 3.34. The fraction of sp³-hybridized carbons (Fsp3) is 0.357. The van der Waals surface area contributed by atoms with Crippen molar-refractivity contribution in [1.82, 2.24) is 9.78 Å². The Kier molecular flexibility index (Phi) is 3.76. The van der Waals surface area contributed by atoms with Gasteiger partial charge in [0.2, 0.25) is 0 Å². The maximum absolute atomic E-state index is 9.38. The molecule has 1 N–H and O–H groups in total. The molecule has 1 aromatic heterocycles. The van der Waals surface area contributed by atoms with Crippen molar-refractivity contribution in [2.45, 2.75) is 20.5 Å². The van der Waals surface area contributed by atoms with Gasteiger partial charge in [-0.15, -0.1) is 0 Å². The molecule has 0 radical (unpaired) electrons. The Hall–Kier alpha value is -2.01. The molecule has 5 nitrogen and oxygen atoms in total. The van der Waals surface area contributed by atoms with E-state index in [1.807, 2.05) is 32.0 Å². The lowest BCUT2D eigenvalue weighted by Gasteiger charge is -2.12. The lowest BCUT2D eigenvalue weighted by atomic mass is 10.2. The van der Waals surface area contributed by atoms with E-state index < -0.39 is 0 Å². The molecule has 0 unspecified atom stereocenters. The minimum Gasteiger partial charge on any atom is -0.497 e. The van der Waals surface area contributed by atoms with Crippen LogP contribution in [0.4, 0.5) is 0 Å². The van der Waals surface area contributed by atoms with Crippen molar-refractivity contribution in [3.63, 3.8) is 0 Å². The molecule has 0 amide bonds. The molecule has 0 aliphatic rings. The van der Waals surface area contributed by atoms with Gasteiger partial charge in [0, 0.05) is 17.3 Å². The standard InChI is InChI=1S/C14H18N2O3/c1-9-12(8-17)10(2)16(15-9)13-7-11(18-3)5-6-14(13)19-4/h5-7,17H,8H2,1-4H3. The summed E-state index contributed by atoms with van der Waals surface area (Å²) in [4.78, 5) is 0. The third-order valence-electron chi connectivity index (χ3n) is 3.21. The zero-order valence-corrected chi connectivity index (χ0v) is 11.6. The van der Waals surface area contributed by atoms with Crippen LogP contribution in [0, 0.1) is 13.8 Å². The van der Waals surface area contributed by atoms with E-state index >= 15 is 0 Å². The van der Waals surface area contributed by atoms with Gasteiger partial charge in [0.25, 0.3) is 0 Å². The van der Waals surface area contributed by atoms with Gasteiger partial charge in [-0.3, -0.25) is 0 Å². The van der Waals surface area contributed by atoms with E-state index in [4.69, 9.17) is 9.47 Å². The molecule has 0 bridgehead atoms. The van der Waals surface area contributed by atoms with Crippen LogP contribution in [0.3, 0.4) is 0 Å². The Balaban J connectivity index is 2.63. The van der Waals surface area contributed by atoms with Crippen LogP contribution >= 0.6 is 0 Å². The maximum Gasteiger partial charge on any atom is 0.144 e. The third-order valence-corrected chi connectivity index (χ3v) is 3.21. The number of rotatable bonds is 4. The van der Waals surface area contributed by atoms with E-state index in [1.54, 1.807) is 18.9 Å². The van der Waals surface area contributed by atoms with Gasteiger partial charge >= 0.3 is 0 Å². The molecule has 5 heteroatoms. The van der Waals surface area contributed by atoms with Crippen molar-refractivity contribution in [2.75, 3.05) is 14.2 Å². The average molecular weight is 262 g/mol. The van der Waals surface area contributed by atoms with Gasteiger partial charge in [-0.1, -0.05) is 0 Å². The zero-order chi connectivity index (χ0) is 14.0. The monoisotopic (exact) mass is 262 g/mol. The van der Waals surface area contributed by atoms with Crippen molar-refractivity contribution in [1.29, 1.82) is 0 Å². The molecule has 1 aromatic carbocycles. The van der Waals surface area contributed by atoms with Gasteiger partial charge in [0.1, 0.15) is 17.2 Å². The summed E-state index contributed by atoms with van der Waals surface area (Å²) in [7, 11) is 3.23. The highest BCUT2D eigenvalue weighted by Crippen LogP contribution is 2.29. The first kappa shape index (κ1) is 13.4. The molecule has 19 heavy (non-hydrogen) atoms. The quantitative estimate of drug-likeness (QED) is 0.915. The molecule has 0 saturated heterocycles. The summed E-state index contributed by atoms with van der Waals surface area (Å²) in [5.74, 6) is 1.43. The van der Waals surface area contributed by atoms with Crippen LogP contribution in [-0.4, -0.2) is 29.1 Å². The van der Waals surface area contributed by atoms with Gasteiger partial charge in [-0.2, -0.15) is 5.10 Å². The summed E-state index contributed by atoms with van der Waals surface area (Å²) < 4.78 is 12.4. The van der Waals surface area contributed by atoms with E-state index in [2.05, 4.69) is 5.10 Å². The van der Waals surface area contributed by atoms with E-state index in [1.165, 1.54) is 0 Å². The summed E-state index contributed by atoms with van der Waals surface area (Å²) >= 11 is 0. The first-order valence-corrected chi connectivity index (χ1v) is 6.00. The third kappa shape index (κ3) is 2.29. The predicted octanol–water partition coefficient (Wildman–Crippen LogP) is 2.00. The molecule has 2 aromatic rings. The number of aliphatic hydroxyl groups is 1. The van der Waals surface area contributed by atoms with Crippen molar-refractivity contribution in [3.05, 3.63) is 35.2 Å². The van der Waals surface area contributed by atoms with Gasteiger partial charge < -0.3 is 14.6 Å². The summed E-state index contributed by atoms with van der Waals surface area (Å²) in [6.45, 7) is 3.77. The fourth-order valence-corrected chi connectivity index (χ4v) is 2.10. The van der Waals surface area contributed by atoms with Crippen molar-refractivity contribution in [3.8, 4) is 17.2 Å². The lowest BCUT2D eigenvalue weighted by Crippen LogP contribution is -2.03. The smallest absolute Gasteiger partial charge is 0.144 e. The highest BCUT2D eigenvalue weighted by Gasteiger charge is 2.15. The Labute approximate surface area is 112 Å². The second-order valence-corrected chi connectivity index (χ2v) is 4.26. The molecule has 0 aliphatic heterocycles. The Bertz CT molecular complexity index is 591. The molecule has 102 valence electrons. The average Bonchev–Trinajstić information content (AvgIpc) is 2.72. The number of aryl methyl sites for hydroxylation is 1. The van der Waals surface area contributed by atoms with Gasteiger partial charge in [-0.05, 0) is 26.0 Å². The Morgan fingerprint density at radius 1 is 1.21 bits per heavy atom. The fourth-order valence-electron chi connectivity index (χ4n) is 2.10. The highest BCUT2D eigenvalue weighted by molar-refractivity contribution is 5.52. The van der Waals surface area contributed by atoms with Gasteiger partial charge in [0.05, 0.1) is 26.5 Å². The largest absolute Gasteiger partial charge is 0.497 e. The zero-order valence-electron chi connectivity index (χ0n) is 11.6. The summed E-state index contributed by atoms with van der Waals surface area (Å²) in [5, 5.41) is 13.8. The molecule has 0 aliphatic carbocycles. The summed E-state index contributed by atoms with van der Waals surface area (Å²) in [6.07, 6.45) is 0. The van der Waals surface area contributed by atoms with E-state index in [0.29, 0.717) is 5.75 Å². The van der Waals surface area contributed by atoms with Crippen molar-refractivity contribution >= 4 is 0 Å². The van der Waals surface area contributed by atoms with Crippen LogP contribution in [0.15, 0.2) is 18.2 Å². The minimum atomic E-state index is -0.0239. The van der Waals surface area contributed by atoms with Crippen LogP contribution < -0.4 is 9.47 Å². The highest BCUT2D eigenvalue weighted by atomic mass is 16.5. The number of methoxy groups -OCH3 is 2. The van der Waals surface area contributed by atoms with E-state index in [9.17, 15) is 5.11 Å². The number of nitrogens with zero attached hydrogens (tertiary/aromatic N) is 2. The minimum absolute atomic E-state index is 0.0239. The first-order chi connectivity index (χ1) is 9.12. The maximum atomic E-state index is 9.38.